The lowest BCUT2D eigenvalue weighted by molar-refractivity contribution is -0.149. The SMILES string of the molecule is CC(C)(C(=O)NC1CCCC1)C(=O)N1CCc2ccccc2C1. The molecule has 1 aliphatic carbocycles. The highest BCUT2D eigenvalue weighted by atomic mass is 16.2. The Balaban J connectivity index is 1.67. The maximum Gasteiger partial charge on any atom is 0.238 e. The lowest BCUT2D eigenvalue weighted by Gasteiger charge is -2.35. The van der Waals surface area contributed by atoms with Crippen LogP contribution in [0.2, 0.25) is 0 Å². The van der Waals surface area contributed by atoms with Crippen molar-refractivity contribution in [1.82, 2.24) is 10.2 Å². The quantitative estimate of drug-likeness (QED) is 0.872. The van der Waals surface area contributed by atoms with Crippen LogP contribution in [0, 0.1) is 5.41 Å². The van der Waals surface area contributed by atoms with Gasteiger partial charge in [0.05, 0.1) is 0 Å². The van der Waals surface area contributed by atoms with Gasteiger partial charge in [-0.3, -0.25) is 9.59 Å². The van der Waals surface area contributed by atoms with E-state index in [4.69, 9.17) is 0 Å². The summed E-state index contributed by atoms with van der Waals surface area (Å²) in [5, 5.41) is 3.07. The molecule has 1 fully saturated rings. The summed E-state index contributed by atoms with van der Waals surface area (Å²) in [6.45, 7) is 4.80. The van der Waals surface area contributed by atoms with E-state index in [0.29, 0.717) is 13.1 Å². The first kappa shape index (κ1) is 16.0. The minimum absolute atomic E-state index is 0.0671. The summed E-state index contributed by atoms with van der Waals surface area (Å²) in [6, 6.07) is 8.48. The molecule has 0 atom stereocenters. The monoisotopic (exact) mass is 314 g/mol. The van der Waals surface area contributed by atoms with Gasteiger partial charge in [-0.25, -0.2) is 0 Å². The summed E-state index contributed by atoms with van der Waals surface area (Å²) in [7, 11) is 0. The van der Waals surface area contributed by atoms with E-state index in [9.17, 15) is 9.59 Å². The third-order valence-corrected chi connectivity index (χ3v) is 5.21. The van der Waals surface area contributed by atoms with Gasteiger partial charge in [0.2, 0.25) is 11.8 Å². The third-order valence-electron chi connectivity index (χ3n) is 5.21. The third kappa shape index (κ3) is 3.26. The van der Waals surface area contributed by atoms with Gasteiger partial charge in [-0.1, -0.05) is 37.1 Å². The van der Waals surface area contributed by atoms with E-state index >= 15 is 0 Å². The highest BCUT2D eigenvalue weighted by Gasteiger charge is 2.40. The molecule has 124 valence electrons. The summed E-state index contributed by atoms with van der Waals surface area (Å²) < 4.78 is 0. The van der Waals surface area contributed by atoms with Crippen molar-refractivity contribution < 1.29 is 9.59 Å². The van der Waals surface area contributed by atoms with Crippen LogP contribution in [0.4, 0.5) is 0 Å². The van der Waals surface area contributed by atoms with Gasteiger partial charge in [0, 0.05) is 19.1 Å². The zero-order valence-electron chi connectivity index (χ0n) is 14.1. The molecule has 2 aliphatic rings. The molecule has 1 aliphatic heterocycles. The summed E-state index contributed by atoms with van der Waals surface area (Å²) in [6.07, 6.45) is 5.27. The first-order valence-electron chi connectivity index (χ1n) is 8.65. The van der Waals surface area contributed by atoms with Gasteiger partial charge < -0.3 is 10.2 Å². The van der Waals surface area contributed by atoms with Crippen LogP contribution < -0.4 is 5.32 Å². The number of carbonyl (C=O) groups is 2. The molecule has 0 bridgehead atoms. The second kappa shape index (κ2) is 6.34. The van der Waals surface area contributed by atoms with E-state index in [1.165, 1.54) is 24.0 Å². The Morgan fingerprint density at radius 1 is 1.13 bits per heavy atom. The van der Waals surface area contributed by atoms with Crippen molar-refractivity contribution in [3.63, 3.8) is 0 Å². The van der Waals surface area contributed by atoms with Crippen molar-refractivity contribution in [1.29, 1.82) is 0 Å². The molecule has 3 rings (SSSR count). The molecule has 0 spiro atoms. The van der Waals surface area contributed by atoms with Gasteiger partial charge in [0.15, 0.2) is 0 Å². The smallest absolute Gasteiger partial charge is 0.238 e. The van der Waals surface area contributed by atoms with Crippen molar-refractivity contribution >= 4 is 11.8 Å². The minimum Gasteiger partial charge on any atom is -0.352 e. The number of rotatable bonds is 3. The van der Waals surface area contributed by atoms with Gasteiger partial charge in [0.25, 0.3) is 0 Å². The minimum atomic E-state index is -1.01. The maximum absolute atomic E-state index is 12.9. The van der Waals surface area contributed by atoms with Crippen LogP contribution in [0.25, 0.3) is 0 Å². The zero-order valence-corrected chi connectivity index (χ0v) is 14.1. The molecule has 0 unspecified atom stereocenters. The molecular weight excluding hydrogens is 288 g/mol. The fourth-order valence-corrected chi connectivity index (χ4v) is 3.60. The average molecular weight is 314 g/mol. The van der Waals surface area contributed by atoms with Crippen molar-refractivity contribution in [3.05, 3.63) is 35.4 Å². The predicted molar refractivity (Wildman–Crippen MR) is 89.7 cm³/mol. The van der Waals surface area contributed by atoms with Gasteiger partial charge in [0.1, 0.15) is 5.41 Å². The van der Waals surface area contributed by atoms with E-state index < -0.39 is 5.41 Å². The Morgan fingerprint density at radius 2 is 1.78 bits per heavy atom. The maximum atomic E-state index is 12.9. The van der Waals surface area contributed by atoms with E-state index in [1.54, 1.807) is 13.8 Å². The van der Waals surface area contributed by atoms with Gasteiger partial charge in [-0.15, -0.1) is 0 Å². The van der Waals surface area contributed by atoms with Gasteiger partial charge in [-0.05, 0) is 44.2 Å². The Morgan fingerprint density at radius 3 is 2.48 bits per heavy atom. The number of amides is 2. The number of fused-ring (bicyclic) bond motifs is 1. The summed E-state index contributed by atoms with van der Waals surface area (Å²) in [4.78, 5) is 27.3. The Hall–Kier alpha value is -1.84. The van der Waals surface area contributed by atoms with Crippen LogP contribution in [0.15, 0.2) is 24.3 Å². The van der Waals surface area contributed by atoms with E-state index in [2.05, 4.69) is 17.4 Å². The number of benzene rings is 1. The van der Waals surface area contributed by atoms with E-state index in [-0.39, 0.29) is 17.9 Å². The molecule has 0 aromatic heterocycles. The van der Waals surface area contributed by atoms with Gasteiger partial charge >= 0.3 is 0 Å². The van der Waals surface area contributed by atoms with Crippen molar-refractivity contribution in [2.24, 2.45) is 5.41 Å². The normalized spacial score (nSPS) is 18.6. The van der Waals surface area contributed by atoms with Crippen molar-refractivity contribution in [2.75, 3.05) is 6.54 Å². The molecule has 1 aromatic rings. The van der Waals surface area contributed by atoms with E-state index in [1.807, 2.05) is 17.0 Å². The first-order chi connectivity index (χ1) is 11.0. The number of carbonyl (C=O) groups excluding carboxylic acids is 2. The lowest BCUT2D eigenvalue weighted by atomic mass is 9.88. The highest BCUT2D eigenvalue weighted by molar-refractivity contribution is 6.04. The van der Waals surface area contributed by atoms with Gasteiger partial charge in [-0.2, -0.15) is 0 Å². The number of hydrogen-bond donors (Lipinski definition) is 1. The molecule has 1 saturated carbocycles. The summed E-state index contributed by atoms with van der Waals surface area (Å²) in [5.41, 5.74) is 1.50. The van der Waals surface area contributed by atoms with Crippen molar-refractivity contribution in [2.45, 2.75) is 58.5 Å². The number of nitrogens with zero attached hydrogens (tertiary/aromatic N) is 1. The van der Waals surface area contributed by atoms with Crippen LogP contribution in [-0.2, 0) is 22.6 Å². The highest BCUT2D eigenvalue weighted by Crippen LogP contribution is 2.26. The molecule has 0 saturated heterocycles. The first-order valence-corrected chi connectivity index (χ1v) is 8.65. The average Bonchev–Trinajstić information content (AvgIpc) is 3.06. The zero-order chi connectivity index (χ0) is 16.4. The summed E-state index contributed by atoms with van der Waals surface area (Å²) in [5.74, 6) is -0.198. The summed E-state index contributed by atoms with van der Waals surface area (Å²) >= 11 is 0. The fourth-order valence-electron chi connectivity index (χ4n) is 3.60. The number of hydrogen-bond acceptors (Lipinski definition) is 2. The Bertz CT molecular complexity index is 603. The molecule has 1 heterocycles. The molecule has 0 radical (unpaired) electrons. The largest absolute Gasteiger partial charge is 0.352 e. The Kier molecular flexibility index (Phi) is 4.42. The topological polar surface area (TPSA) is 49.4 Å². The van der Waals surface area contributed by atoms with Crippen LogP contribution in [0.3, 0.4) is 0 Å². The molecule has 4 heteroatoms. The molecule has 23 heavy (non-hydrogen) atoms. The van der Waals surface area contributed by atoms with Crippen LogP contribution in [0.5, 0.6) is 0 Å². The molecule has 1 N–H and O–H groups in total. The second-order valence-corrected chi connectivity index (χ2v) is 7.33. The second-order valence-electron chi connectivity index (χ2n) is 7.33. The van der Waals surface area contributed by atoms with E-state index in [0.717, 1.165) is 19.3 Å². The lowest BCUT2D eigenvalue weighted by Crippen LogP contribution is -2.52. The molecule has 2 amide bonds. The molecule has 1 aromatic carbocycles. The number of nitrogens with one attached hydrogen (secondary N) is 1. The predicted octanol–water partition coefficient (Wildman–Crippen LogP) is 2.66. The molecule has 4 nitrogen and oxygen atoms in total. The standard InChI is InChI=1S/C19H26N2O2/c1-19(2,17(22)20-16-9-5-6-10-16)18(23)21-12-11-14-7-3-4-8-15(14)13-21/h3-4,7-8,16H,5-6,9-13H2,1-2H3,(H,20,22). The van der Waals surface area contributed by atoms with Crippen LogP contribution in [0.1, 0.15) is 50.7 Å². The van der Waals surface area contributed by atoms with Crippen molar-refractivity contribution in [3.8, 4) is 0 Å². The Labute approximate surface area is 138 Å². The molecular formula is C19H26N2O2. The van der Waals surface area contributed by atoms with Crippen LogP contribution in [-0.4, -0.2) is 29.3 Å². The van der Waals surface area contributed by atoms with Crippen LogP contribution >= 0.6 is 0 Å². The fraction of sp³-hybridized carbons (Fsp3) is 0.579.